The molecule has 0 aliphatic heterocycles. The normalized spacial score (nSPS) is 10.5. The highest BCUT2D eigenvalue weighted by atomic mass is 19.1. The Balaban J connectivity index is 1.58. The van der Waals surface area contributed by atoms with Gasteiger partial charge in [0.05, 0.1) is 0 Å². The number of benzene rings is 2. The Morgan fingerprint density at radius 3 is 2.65 bits per heavy atom. The molecule has 3 N–H and O–H groups in total. The van der Waals surface area contributed by atoms with E-state index in [0.29, 0.717) is 29.6 Å². The molecule has 0 radical (unpaired) electrons. The van der Waals surface area contributed by atoms with Crippen LogP contribution in [0.3, 0.4) is 0 Å². The first-order valence-corrected chi connectivity index (χ1v) is 8.14. The number of H-pyrrole nitrogens is 1. The summed E-state index contributed by atoms with van der Waals surface area (Å²) in [5, 5.41) is 5.99. The predicted octanol–water partition coefficient (Wildman–Crippen LogP) is 3.40. The van der Waals surface area contributed by atoms with Crippen LogP contribution in [0.15, 0.2) is 61.3 Å². The predicted molar refractivity (Wildman–Crippen MR) is 99.6 cm³/mol. The highest BCUT2D eigenvalue weighted by Gasteiger charge is 2.10. The number of anilines is 1. The fraction of sp³-hybridized carbons (Fsp3) is 0.100. The van der Waals surface area contributed by atoms with E-state index in [9.17, 15) is 14.0 Å². The number of aromatic amines is 1. The standard InChI is InChI=1S/C20H18FN3O2/c1-2-18(25)24-15-8-6-13(7-9-15)20(26)22-11-10-14-12-23-17-5-3-4-16(21)19(14)17/h2-9,12,23H,1,10-11H2,(H,22,26)(H,24,25). The molecule has 132 valence electrons. The second-order valence-corrected chi connectivity index (χ2v) is 5.75. The molecule has 2 amide bonds. The number of aromatic nitrogens is 1. The third kappa shape index (κ3) is 3.80. The number of amides is 2. The van der Waals surface area contributed by atoms with E-state index in [2.05, 4.69) is 22.2 Å². The second-order valence-electron chi connectivity index (χ2n) is 5.75. The highest BCUT2D eigenvalue weighted by molar-refractivity contribution is 5.99. The van der Waals surface area contributed by atoms with Crippen molar-refractivity contribution in [2.24, 2.45) is 0 Å². The summed E-state index contributed by atoms with van der Waals surface area (Å²) >= 11 is 0. The number of fused-ring (bicyclic) bond motifs is 1. The van der Waals surface area contributed by atoms with E-state index in [1.807, 2.05) is 6.07 Å². The van der Waals surface area contributed by atoms with Crippen molar-refractivity contribution in [3.05, 3.63) is 78.3 Å². The molecule has 6 heteroatoms. The van der Waals surface area contributed by atoms with Gasteiger partial charge >= 0.3 is 0 Å². The molecular formula is C20H18FN3O2. The van der Waals surface area contributed by atoms with Gasteiger partial charge in [-0.3, -0.25) is 9.59 Å². The Kier molecular flexibility index (Phi) is 5.12. The Morgan fingerprint density at radius 1 is 1.15 bits per heavy atom. The van der Waals surface area contributed by atoms with Gasteiger partial charge in [0.1, 0.15) is 5.82 Å². The van der Waals surface area contributed by atoms with Crippen molar-refractivity contribution in [3.8, 4) is 0 Å². The quantitative estimate of drug-likeness (QED) is 0.596. The van der Waals surface area contributed by atoms with Gasteiger partial charge in [0, 0.05) is 34.9 Å². The smallest absolute Gasteiger partial charge is 0.251 e. The molecule has 2 aromatic carbocycles. The van der Waals surface area contributed by atoms with Crippen molar-refractivity contribution >= 4 is 28.4 Å². The molecule has 0 bridgehead atoms. The van der Waals surface area contributed by atoms with Gasteiger partial charge in [0.15, 0.2) is 0 Å². The van der Waals surface area contributed by atoms with Gasteiger partial charge in [-0.15, -0.1) is 0 Å². The molecule has 1 heterocycles. The van der Waals surface area contributed by atoms with Crippen LogP contribution < -0.4 is 10.6 Å². The molecule has 0 fully saturated rings. The van der Waals surface area contributed by atoms with Crippen LogP contribution in [-0.4, -0.2) is 23.3 Å². The summed E-state index contributed by atoms with van der Waals surface area (Å²) < 4.78 is 13.9. The first-order chi connectivity index (χ1) is 12.6. The highest BCUT2D eigenvalue weighted by Crippen LogP contribution is 2.21. The van der Waals surface area contributed by atoms with Crippen molar-refractivity contribution in [2.45, 2.75) is 6.42 Å². The molecule has 1 aromatic heterocycles. The Hall–Kier alpha value is -3.41. The fourth-order valence-electron chi connectivity index (χ4n) is 2.72. The maximum atomic E-state index is 13.9. The minimum Gasteiger partial charge on any atom is -0.361 e. The van der Waals surface area contributed by atoms with Crippen LogP contribution in [0.5, 0.6) is 0 Å². The lowest BCUT2D eigenvalue weighted by Crippen LogP contribution is -2.25. The number of nitrogens with one attached hydrogen (secondary N) is 3. The van der Waals surface area contributed by atoms with E-state index >= 15 is 0 Å². The third-order valence-electron chi connectivity index (χ3n) is 4.02. The van der Waals surface area contributed by atoms with Gasteiger partial charge in [-0.1, -0.05) is 12.6 Å². The summed E-state index contributed by atoms with van der Waals surface area (Å²) in [6.45, 7) is 3.76. The SMILES string of the molecule is C=CC(=O)Nc1ccc(C(=O)NCCc2c[nH]c3cccc(F)c23)cc1. The van der Waals surface area contributed by atoms with Crippen LogP contribution in [0.1, 0.15) is 15.9 Å². The zero-order chi connectivity index (χ0) is 18.5. The topological polar surface area (TPSA) is 74.0 Å². The van der Waals surface area contributed by atoms with E-state index in [4.69, 9.17) is 0 Å². The van der Waals surface area contributed by atoms with E-state index in [1.54, 1.807) is 36.5 Å². The molecule has 0 unspecified atom stereocenters. The van der Waals surface area contributed by atoms with Crippen LogP contribution >= 0.6 is 0 Å². The van der Waals surface area contributed by atoms with Gasteiger partial charge < -0.3 is 15.6 Å². The largest absolute Gasteiger partial charge is 0.361 e. The van der Waals surface area contributed by atoms with Crippen LogP contribution in [0, 0.1) is 5.82 Å². The van der Waals surface area contributed by atoms with Gasteiger partial charge in [-0.2, -0.15) is 0 Å². The summed E-state index contributed by atoms with van der Waals surface area (Å²) in [6.07, 6.45) is 3.45. The Bertz CT molecular complexity index is 961. The molecule has 26 heavy (non-hydrogen) atoms. The number of carbonyl (C=O) groups is 2. The number of rotatable bonds is 6. The zero-order valence-electron chi connectivity index (χ0n) is 14.0. The van der Waals surface area contributed by atoms with E-state index in [1.165, 1.54) is 12.1 Å². The first kappa shape index (κ1) is 17.4. The first-order valence-electron chi connectivity index (χ1n) is 8.14. The average Bonchev–Trinajstić information content (AvgIpc) is 3.06. The summed E-state index contributed by atoms with van der Waals surface area (Å²) in [5.74, 6) is -0.817. The fourth-order valence-corrected chi connectivity index (χ4v) is 2.72. The molecule has 0 aliphatic carbocycles. The third-order valence-corrected chi connectivity index (χ3v) is 4.02. The Labute approximate surface area is 149 Å². The number of hydrogen-bond acceptors (Lipinski definition) is 2. The van der Waals surface area contributed by atoms with Crippen molar-refractivity contribution < 1.29 is 14.0 Å². The zero-order valence-corrected chi connectivity index (χ0v) is 14.0. The lowest BCUT2D eigenvalue weighted by atomic mass is 10.1. The molecule has 0 saturated heterocycles. The van der Waals surface area contributed by atoms with Gasteiger partial charge in [0.2, 0.25) is 5.91 Å². The number of hydrogen-bond donors (Lipinski definition) is 3. The van der Waals surface area contributed by atoms with E-state index in [0.717, 1.165) is 11.1 Å². The van der Waals surface area contributed by atoms with Crippen molar-refractivity contribution in [1.82, 2.24) is 10.3 Å². The monoisotopic (exact) mass is 351 g/mol. The second kappa shape index (κ2) is 7.65. The van der Waals surface area contributed by atoms with Crippen LogP contribution in [0.25, 0.3) is 10.9 Å². The van der Waals surface area contributed by atoms with Crippen LogP contribution in [-0.2, 0) is 11.2 Å². The molecule has 3 rings (SSSR count). The number of halogens is 1. The maximum absolute atomic E-state index is 13.9. The van der Waals surface area contributed by atoms with Crippen LogP contribution in [0.4, 0.5) is 10.1 Å². The Morgan fingerprint density at radius 2 is 1.92 bits per heavy atom. The van der Waals surface area contributed by atoms with E-state index < -0.39 is 0 Å². The summed E-state index contributed by atoms with van der Waals surface area (Å²) in [6, 6.07) is 11.4. The summed E-state index contributed by atoms with van der Waals surface area (Å²) in [5.41, 5.74) is 2.62. The lowest BCUT2D eigenvalue weighted by Gasteiger charge is -2.07. The summed E-state index contributed by atoms with van der Waals surface area (Å²) in [4.78, 5) is 26.5. The number of carbonyl (C=O) groups excluding carboxylic acids is 2. The maximum Gasteiger partial charge on any atom is 0.251 e. The molecule has 5 nitrogen and oxygen atoms in total. The lowest BCUT2D eigenvalue weighted by molar-refractivity contribution is -0.111. The molecule has 0 aliphatic rings. The van der Waals surface area contributed by atoms with Gasteiger partial charge in [0.25, 0.3) is 5.91 Å². The molecule has 3 aromatic rings. The molecule has 0 saturated carbocycles. The van der Waals surface area contributed by atoms with Crippen molar-refractivity contribution in [2.75, 3.05) is 11.9 Å². The minimum atomic E-state index is -0.312. The van der Waals surface area contributed by atoms with Crippen molar-refractivity contribution in [1.29, 1.82) is 0 Å². The molecular weight excluding hydrogens is 333 g/mol. The van der Waals surface area contributed by atoms with E-state index in [-0.39, 0.29) is 17.6 Å². The molecule has 0 spiro atoms. The van der Waals surface area contributed by atoms with Crippen molar-refractivity contribution in [3.63, 3.8) is 0 Å². The minimum absolute atomic E-state index is 0.230. The van der Waals surface area contributed by atoms with Gasteiger partial charge in [-0.05, 0) is 54.5 Å². The van der Waals surface area contributed by atoms with Gasteiger partial charge in [-0.25, -0.2) is 4.39 Å². The average molecular weight is 351 g/mol. The molecule has 0 atom stereocenters. The van der Waals surface area contributed by atoms with Crippen LogP contribution in [0.2, 0.25) is 0 Å². The summed E-state index contributed by atoms with van der Waals surface area (Å²) in [7, 11) is 0.